The number of ketones is 1. The van der Waals surface area contributed by atoms with E-state index in [0.717, 1.165) is 5.56 Å². The average molecular weight is 292 g/mol. The third-order valence-electron chi connectivity index (χ3n) is 2.81. The molecule has 1 aromatic carbocycles. The molecule has 0 spiro atoms. The van der Waals surface area contributed by atoms with Gasteiger partial charge in [0.15, 0.2) is 0 Å². The average Bonchev–Trinajstić information content (AvgIpc) is 2.87. The van der Waals surface area contributed by atoms with Crippen molar-refractivity contribution in [3.05, 3.63) is 59.3 Å². The lowest BCUT2D eigenvalue weighted by Gasteiger charge is -2.17. The first-order valence-electron chi connectivity index (χ1n) is 6.10. The van der Waals surface area contributed by atoms with Crippen LogP contribution >= 0.6 is 0 Å². The number of carbonyl (C=O) groups is 2. The Morgan fingerprint density at radius 3 is 2.81 bits per heavy atom. The molecular weight excluding hydrogens is 279 g/mol. The minimum Gasteiger partial charge on any atom is -0.502 e. The number of allylic oxidation sites excluding steroid dienone is 1. The molecule has 1 aliphatic rings. The number of hydrazine groups is 1. The number of aliphatic hydroxyl groups excluding tert-OH is 1. The van der Waals surface area contributed by atoms with Crippen LogP contribution in [0.3, 0.4) is 0 Å². The van der Waals surface area contributed by atoms with Crippen LogP contribution in [-0.4, -0.2) is 33.5 Å². The Labute approximate surface area is 119 Å². The number of hydrogen-bond donors (Lipinski definition) is 3. The summed E-state index contributed by atoms with van der Waals surface area (Å²) in [5.74, 6) is -3.58. The molecule has 7 heteroatoms. The van der Waals surface area contributed by atoms with Crippen molar-refractivity contribution in [3.8, 4) is 0 Å². The summed E-state index contributed by atoms with van der Waals surface area (Å²) in [6.07, 6.45) is 2.19. The molecule has 0 fully saturated rings. The number of nitrogens with one attached hydrogen (secondary N) is 1. The Kier molecular flexibility index (Phi) is 4.34. The number of hydrogen-bond acceptors (Lipinski definition) is 5. The van der Waals surface area contributed by atoms with Crippen LogP contribution in [0.4, 0.5) is 4.39 Å². The summed E-state index contributed by atoms with van der Waals surface area (Å²) in [4.78, 5) is 22.1. The quantitative estimate of drug-likeness (QED) is 0.557. The smallest absolute Gasteiger partial charge is 0.371 e. The van der Waals surface area contributed by atoms with E-state index < -0.39 is 17.5 Å². The van der Waals surface area contributed by atoms with E-state index >= 15 is 0 Å². The summed E-state index contributed by atoms with van der Waals surface area (Å²) in [6, 6.07) is 6.07. The lowest BCUT2D eigenvalue weighted by molar-refractivity contribution is -0.135. The third-order valence-corrected chi connectivity index (χ3v) is 2.81. The normalized spacial score (nSPS) is 15.5. The van der Waals surface area contributed by atoms with E-state index in [4.69, 9.17) is 10.2 Å². The van der Waals surface area contributed by atoms with E-state index in [1.807, 2.05) is 0 Å². The van der Waals surface area contributed by atoms with Crippen molar-refractivity contribution in [2.75, 3.05) is 6.54 Å². The highest BCUT2D eigenvalue weighted by Crippen LogP contribution is 2.11. The summed E-state index contributed by atoms with van der Waals surface area (Å²) in [7, 11) is 0. The molecule has 0 bridgehead atoms. The number of carboxylic acid groups (broad SMARTS) is 1. The summed E-state index contributed by atoms with van der Waals surface area (Å²) in [6.45, 7) is 0.777. The van der Waals surface area contributed by atoms with E-state index in [9.17, 15) is 14.0 Å². The first kappa shape index (κ1) is 14.7. The highest BCUT2D eigenvalue weighted by atomic mass is 19.1. The molecule has 0 unspecified atom stereocenters. The van der Waals surface area contributed by atoms with Crippen LogP contribution in [0.25, 0.3) is 0 Å². The van der Waals surface area contributed by atoms with Crippen molar-refractivity contribution in [2.24, 2.45) is 0 Å². The van der Waals surface area contributed by atoms with Gasteiger partial charge in [-0.05, 0) is 23.8 Å². The van der Waals surface area contributed by atoms with Gasteiger partial charge in [0.05, 0.1) is 5.70 Å². The van der Waals surface area contributed by atoms with Crippen molar-refractivity contribution in [1.82, 2.24) is 10.4 Å². The van der Waals surface area contributed by atoms with Gasteiger partial charge in [-0.2, -0.15) is 0 Å². The second kappa shape index (κ2) is 6.19. The van der Waals surface area contributed by atoms with Gasteiger partial charge in [-0.15, -0.1) is 0 Å². The molecular formula is C14H13FN2O4. The Hall–Kier alpha value is -2.67. The maximum absolute atomic E-state index is 13.1. The SMILES string of the molecule is O=C(O)C(O)=CC(=O)C1=CCN(Cc2cccc(F)c2)N1. The molecule has 6 nitrogen and oxygen atoms in total. The first-order valence-corrected chi connectivity index (χ1v) is 6.10. The summed E-state index contributed by atoms with van der Waals surface area (Å²) in [5.41, 5.74) is 3.67. The maximum Gasteiger partial charge on any atom is 0.371 e. The Morgan fingerprint density at radius 2 is 2.14 bits per heavy atom. The lowest BCUT2D eigenvalue weighted by Crippen LogP contribution is -2.33. The maximum atomic E-state index is 13.1. The van der Waals surface area contributed by atoms with Gasteiger partial charge in [-0.25, -0.2) is 14.2 Å². The highest BCUT2D eigenvalue weighted by molar-refractivity contribution is 6.07. The monoisotopic (exact) mass is 292 g/mol. The molecule has 3 N–H and O–H groups in total. The largest absolute Gasteiger partial charge is 0.502 e. The van der Waals surface area contributed by atoms with Crippen LogP contribution < -0.4 is 5.43 Å². The van der Waals surface area contributed by atoms with E-state index in [1.165, 1.54) is 12.1 Å². The minimum absolute atomic E-state index is 0.166. The summed E-state index contributed by atoms with van der Waals surface area (Å²) < 4.78 is 13.1. The van der Waals surface area contributed by atoms with Gasteiger partial charge in [-0.1, -0.05) is 12.1 Å². The lowest BCUT2D eigenvalue weighted by atomic mass is 10.2. The molecule has 1 aliphatic heterocycles. The van der Waals surface area contributed by atoms with E-state index in [1.54, 1.807) is 23.2 Å². The number of rotatable bonds is 5. The highest BCUT2D eigenvalue weighted by Gasteiger charge is 2.19. The van der Waals surface area contributed by atoms with Crippen LogP contribution in [0, 0.1) is 5.82 Å². The van der Waals surface area contributed by atoms with E-state index in [-0.39, 0.29) is 11.5 Å². The van der Waals surface area contributed by atoms with Crippen molar-refractivity contribution in [2.45, 2.75) is 6.54 Å². The van der Waals surface area contributed by atoms with Crippen molar-refractivity contribution in [1.29, 1.82) is 0 Å². The molecule has 0 saturated carbocycles. The molecule has 0 atom stereocenters. The fourth-order valence-corrected chi connectivity index (χ4v) is 1.84. The van der Waals surface area contributed by atoms with Crippen LogP contribution in [0.1, 0.15) is 5.56 Å². The van der Waals surface area contributed by atoms with Gasteiger partial charge in [0, 0.05) is 19.2 Å². The van der Waals surface area contributed by atoms with Gasteiger partial charge in [0.1, 0.15) is 5.82 Å². The number of benzene rings is 1. The van der Waals surface area contributed by atoms with Gasteiger partial charge >= 0.3 is 5.97 Å². The van der Waals surface area contributed by atoms with E-state index in [2.05, 4.69) is 5.43 Å². The molecule has 2 rings (SSSR count). The second-order valence-electron chi connectivity index (χ2n) is 4.44. The number of halogens is 1. The van der Waals surface area contributed by atoms with Crippen LogP contribution in [0.15, 0.2) is 47.9 Å². The Bertz CT molecular complexity index is 640. The van der Waals surface area contributed by atoms with E-state index in [0.29, 0.717) is 19.2 Å². The minimum atomic E-state index is -1.57. The predicted molar refractivity (Wildman–Crippen MR) is 71.4 cm³/mol. The molecule has 0 amide bonds. The van der Waals surface area contributed by atoms with Gasteiger partial charge in [-0.3, -0.25) is 4.79 Å². The summed E-state index contributed by atoms with van der Waals surface area (Å²) >= 11 is 0. The van der Waals surface area contributed by atoms with Crippen molar-refractivity contribution < 1.29 is 24.2 Å². The molecule has 0 saturated heterocycles. The van der Waals surface area contributed by atoms with Crippen LogP contribution in [0.5, 0.6) is 0 Å². The fraction of sp³-hybridized carbons (Fsp3) is 0.143. The third kappa shape index (κ3) is 3.90. The Balaban J connectivity index is 1.95. The van der Waals surface area contributed by atoms with Gasteiger partial charge in [0.25, 0.3) is 0 Å². The number of carboxylic acids is 1. The zero-order valence-electron chi connectivity index (χ0n) is 10.9. The second-order valence-corrected chi connectivity index (χ2v) is 4.44. The number of aliphatic carboxylic acids is 1. The molecule has 110 valence electrons. The standard InChI is InChI=1S/C14H13FN2O4/c15-10-3-1-2-9(6-10)8-17-5-4-11(16-17)12(18)7-13(19)14(20)21/h1-4,6-7,16,19H,5,8H2,(H,20,21). The first-order chi connectivity index (χ1) is 9.95. The zero-order valence-corrected chi connectivity index (χ0v) is 10.9. The molecule has 0 aliphatic carbocycles. The molecule has 1 aromatic rings. The number of carbonyl (C=O) groups excluding carboxylic acids is 1. The predicted octanol–water partition coefficient (Wildman–Crippen LogP) is 1.13. The molecule has 21 heavy (non-hydrogen) atoms. The number of nitrogens with zero attached hydrogens (tertiary/aromatic N) is 1. The molecule has 1 heterocycles. The van der Waals surface area contributed by atoms with Crippen molar-refractivity contribution >= 4 is 11.8 Å². The zero-order chi connectivity index (χ0) is 15.4. The topological polar surface area (TPSA) is 89.9 Å². The van der Waals surface area contributed by atoms with Crippen molar-refractivity contribution in [3.63, 3.8) is 0 Å². The summed E-state index contributed by atoms with van der Waals surface area (Å²) in [5, 5.41) is 19.2. The van der Waals surface area contributed by atoms with Crippen LogP contribution in [0.2, 0.25) is 0 Å². The Morgan fingerprint density at radius 1 is 1.38 bits per heavy atom. The number of aliphatic hydroxyl groups is 1. The molecule has 0 radical (unpaired) electrons. The van der Waals surface area contributed by atoms with Gasteiger partial charge < -0.3 is 15.6 Å². The van der Waals surface area contributed by atoms with Crippen LogP contribution in [-0.2, 0) is 16.1 Å². The van der Waals surface area contributed by atoms with Gasteiger partial charge in [0.2, 0.25) is 11.5 Å². The molecule has 0 aromatic heterocycles. The fourth-order valence-electron chi connectivity index (χ4n) is 1.84.